The highest BCUT2D eigenvalue weighted by atomic mass is 32.2. The molecule has 1 aliphatic heterocycles. The Morgan fingerprint density at radius 2 is 1.93 bits per heavy atom. The second-order valence-electron chi connectivity index (χ2n) is 6.79. The fourth-order valence-electron chi connectivity index (χ4n) is 3.45. The van der Waals surface area contributed by atoms with Crippen LogP contribution in [0.5, 0.6) is 0 Å². The smallest absolute Gasteiger partial charge is 0.243 e. The lowest BCUT2D eigenvalue weighted by Gasteiger charge is -2.27. The molecule has 1 fully saturated rings. The molecule has 1 atom stereocenters. The number of halogens is 1. The summed E-state index contributed by atoms with van der Waals surface area (Å²) in [5, 5.41) is 0. The summed E-state index contributed by atoms with van der Waals surface area (Å²) in [6.45, 7) is 0.384. The molecule has 2 aromatic carbocycles. The number of nitrogens with zero attached hydrogens (tertiary/aromatic N) is 2. The maximum atomic E-state index is 13.4. The quantitative estimate of drug-likeness (QED) is 0.762. The molecule has 0 N–H and O–H groups in total. The van der Waals surface area contributed by atoms with E-state index >= 15 is 0 Å². The first-order valence-corrected chi connectivity index (χ1v) is 10.4. The van der Waals surface area contributed by atoms with Crippen molar-refractivity contribution in [3.63, 3.8) is 0 Å². The first-order valence-electron chi connectivity index (χ1n) is 8.93. The van der Waals surface area contributed by atoms with Crippen LogP contribution in [0.15, 0.2) is 59.5 Å². The molecule has 27 heavy (non-hydrogen) atoms. The van der Waals surface area contributed by atoms with E-state index < -0.39 is 10.0 Å². The van der Waals surface area contributed by atoms with Gasteiger partial charge in [0.25, 0.3) is 0 Å². The maximum Gasteiger partial charge on any atom is 0.243 e. The summed E-state index contributed by atoms with van der Waals surface area (Å²) in [6.07, 6.45) is 2.26. The molecule has 3 rings (SSSR count). The van der Waals surface area contributed by atoms with Gasteiger partial charge in [-0.1, -0.05) is 30.3 Å². The van der Waals surface area contributed by atoms with Gasteiger partial charge in [0.15, 0.2) is 0 Å². The van der Waals surface area contributed by atoms with E-state index in [4.69, 9.17) is 0 Å². The van der Waals surface area contributed by atoms with Crippen LogP contribution in [0.4, 0.5) is 4.39 Å². The van der Waals surface area contributed by atoms with Gasteiger partial charge in [-0.3, -0.25) is 4.79 Å². The second-order valence-corrected chi connectivity index (χ2v) is 8.84. The zero-order valence-corrected chi connectivity index (χ0v) is 16.0. The lowest BCUT2D eigenvalue weighted by atomic mass is 10.0. The summed E-state index contributed by atoms with van der Waals surface area (Å²) in [5.41, 5.74) is 0.838. The number of amides is 1. The third-order valence-corrected chi connectivity index (χ3v) is 6.68. The Morgan fingerprint density at radius 1 is 1.19 bits per heavy atom. The Kier molecular flexibility index (Phi) is 5.92. The average Bonchev–Trinajstić information content (AvgIpc) is 3.10. The van der Waals surface area contributed by atoms with E-state index in [1.807, 2.05) is 6.07 Å². The van der Waals surface area contributed by atoms with E-state index in [1.165, 1.54) is 31.3 Å². The molecule has 0 aliphatic carbocycles. The second kappa shape index (κ2) is 8.19. The lowest BCUT2D eigenvalue weighted by Crippen LogP contribution is -2.44. The zero-order chi connectivity index (χ0) is 19.4. The Bertz CT molecular complexity index is 902. The largest absolute Gasteiger partial charge is 0.338 e. The number of hydrogen-bond acceptors (Lipinski definition) is 3. The van der Waals surface area contributed by atoms with E-state index in [2.05, 4.69) is 0 Å². The Hall–Kier alpha value is -2.25. The molecule has 5 nitrogen and oxygen atoms in total. The van der Waals surface area contributed by atoms with Crippen LogP contribution >= 0.6 is 0 Å². The Balaban J connectivity index is 1.67. The van der Waals surface area contributed by atoms with Gasteiger partial charge in [0.1, 0.15) is 5.82 Å². The van der Waals surface area contributed by atoms with Crippen LogP contribution < -0.4 is 0 Å². The van der Waals surface area contributed by atoms with Gasteiger partial charge in [-0.25, -0.2) is 12.8 Å². The molecule has 0 spiro atoms. The molecule has 0 bridgehead atoms. The molecule has 0 aromatic heterocycles. The summed E-state index contributed by atoms with van der Waals surface area (Å²) >= 11 is 0. The average molecular weight is 390 g/mol. The number of hydrogen-bond donors (Lipinski definition) is 0. The third-order valence-electron chi connectivity index (χ3n) is 4.87. The van der Waals surface area contributed by atoms with Crippen LogP contribution in [0.1, 0.15) is 18.4 Å². The van der Waals surface area contributed by atoms with Crippen LogP contribution in [0.2, 0.25) is 0 Å². The number of likely N-dealkylation sites (tertiary alicyclic amines) is 1. The standard InChI is InChI=1S/C20H23FN2O3S/c1-22(27(25,26)19-10-3-2-4-11-19)15-20(24)23-12-6-9-18(23)14-16-7-5-8-17(21)13-16/h2-5,7-8,10-11,13,18H,6,9,12,14-15H2,1H3. The van der Waals surface area contributed by atoms with Gasteiger partial charge in [-0.2, -0.15) is 4.31 Å². The van der Waals surface area contributed by atoms with E-state index in [-0.39, 0.29) is 29.2 Å². The van der Waals surface area contributed by atoms with Crippen LogP contribution in [0, 0.1) is 5.82 Å². The third kappa shape index (κ3) is 4.54. The molecule has 1 heterocycles. The molecular formula is C20H23FN2O3S. The highest BCUT2D eigenvalue weighted by Gasteiger charge is 2.31. The highest BCUT2D eigenvalue weighted by molar-refractivity contribution is 7.89. The molecule has 7 heteroatoms. The van der Waals surface area contributed by atoms with Gasteiger partial charge in [0, 0.05) is 19.6 Å². The first kappa shape index (κ1) is 19.5. The molecule has 0 radical (unpaired) electrons. The summed E-state index contributed by atoms with van der Waals surface area (Å²) in [6, 6.07) is 14.4. The molecule has 0 saturated carbocycles. The van der Waals surface area contributed by atoms with Crippen LogP contribution in [-0.2, 0) is 21.2 Å². The van der Waals surface area contributed by atoms with Gasteiger partial charge in [-0.05, 0) is 49.1 Å². The van der Waals surface area contributed by atoms with E-state index in [1.54, 1.807) is 29.2 Å². The monoisotopic (exact) mass is 390 g/mol. The van der Waals surface area contributed by atoms with Crippen molar-refractivity contribution >= 4 is 15.9 Å². The minimum absolute atomic E-state index is 0.0351. The van der Waals surface area contributed by atoms with Crippen molar-refractivity contribution in [1.29, 1.82) is 0 Å². The van der Waals surface area contributed by atoms with Crippen molar-refractivity contribution in [1.82, 2.24) is 9.21 Å². The van der Waals surface area contributed by atoms with Crippen molar-refractivity contribution in [3.05, 3.63) is 66.0 Å². The summed E-state index contributed by atoms with van der Waals surface area (Å²) < 4.78 is 39.7. The number of rotatable bonds is 6. The van der Waals surface area contributed by atoms with Gasteiger partial charge in [0.2, 0.25) is 15.9 Å². The van der Waals surface area contributed by atoms with Gasteiger partial charge in [0.05, 0.1) is 11.4 Å². The number of likely N-dealkylation sites (N-methyl/N-ethyl adjacent to an activating group) is 1. The van der Waals surface area contributed by atoms with Crippen molar-refractivity contribution in [2.45, 2.75) is 30.2 Å². The molecule has 1 aliphatic rings. The van der Waals surface area contributed by atoms with Crippen molar-refractivity contribution in [2.75, 3.05) is 20.1 Å². The summed E-state index contributed by atoms with van der Waals surface area (Å²) in [5.74, 6) is -0.520. The SMILES string of the molecule is CN(CC(=O)N1CCCC1Cc1cccc(F)c1)S(=O)(=O)c1ccccc1. The molecule has 144 valence electrons. The maximum absolute atomic E-state index is 13.4. The first-order chi connectivity index (χ1) is 12.9. The van der Waals surface area contributed by atoms with Crippen molar-refractivity contribution < 1.29 is 17.6 Å². The number of benzene rings is 2. The molecule has 2 aromatic rings. The van der Waals surface area contributed by atoms with Crippen LogP contribution in [0.25, 0.3) is 0 Å². The number of sulfonamides is 1. The zero-order valence-electron chi connectivity index (χ0n) is 15.2. The van der Waals surface area contributed by atoms with Crippen LogP contribution in [-0.4, -0.2) is 49.7 Å². The van der Waals surface area contributed by atoms with E-state index in [0.717, 1.165) is 22.7 Å². The van der Waals surface area contributed by atoms with E-state index in [0.29, 0.717) is 13.0 Å². The van der Waals surface area contributed by atoms with Crippen molar-refractivity contribution in [3.8, 4) is 0 Å². The van der Waals surface area contributed by atoms with Crippen molar-refractivity contribution in [2.24, 2.45) is 0 Å². The Morgan fingerprint density at radius 3 is 2.63 bits per heavy atom. The number of carbonyl (C=O) groups is 1. The van der Waals surface area contributed by atoms with E-state index in [9.17, 15) is 17.6 Å². The molecule has 1 amide bonds. The van der Waals surface area contributed by atoms with Gasteiger partial charge < -0.3 is 4.90 Å². The normalized spacial score (nSPS) is 17.4. The van der Waals surface area contributed by atoms with Gasteiger partial charge in [-0.15, -0.1) is 0 Å². The molecular weight excluding hydrogens is 367 g/mol. The topological polar surface area (TPSA) is 57.7 Å². The highest BCUT2D eigenvalue weighted by Crippen LogP contribution is 2.22. The predicted molar refractivity (Wildman–Crippen MR) is 101 cm³/mol. The van der Waals surface area contributed by atoms with Crippen LogP contribution in [0.3, 0.4) is 0 Å². The predicted octanol–water partition coefficient (Wildman–Crippen LogP) is 2.68. The minimum atomic E-state index is -3.71. The summed E-state index contributed by atoms with van der Waals surface area (Å²) in [7, 11) is -2.29. The molecule has 1 saturated heterocycles. The summed E-state index contributed by atoms with van der Waals surface area (Å²) in [4.78, 5) is 14.6. The number of carbonyl (C=O) groups excluding carboxylic acids is 1. The fraction of sp³-hybridized carbons (Fsp3) is 0.350. The molecule has 1 unspecified atom stereocenters. The fourth-order valence-corrected chi connectivity index (χ4v) is 4.59. The Labute approximate surface area is 159 Å². The lowest BCUT2D eigenvalue weighted by molar-refractivity contribution is -0.132. The minimum Gasteiger partial charge on any atom is -0.338 e. The van der Waals surface area contributed by atoms with Gasteiger partial charge >= 0.3 is 0 Å².